The van der Waals surface area contributed by atoms with Crippen molar-refractivity contribution in [3.63, 3.8) is 0 Å². The van der Waals surface area contributed by atoms with Crippen LogP contribution in [0, 0.1) is 6.92 Å². The van der Waals surface area contributed by atoms with Crippen molar-refractivity contribution >= 4 is 34.4 Å². The third kappa shape index (κ3) is 3.88. The van der Waals surface area contributed by atoms with Crippen molar-refractivity contribution in [2.24, 2.45) is 0 Å². The standard InChI is InChI=1S/C25H20ClN5O/c1-17-14-23(28-24(32)19-9-3-2-4-10-19)31(29-17)25-27-21-12-5-6-13-22(21)30(25)16-18-8-7-11-20(26)15-18/h2-15H,16H2,1H3,(H,28,32). The smallest absolute Gasteiger partial charge is 0.256 e. The van der Waals surface area contributed by atoms with Crippen molar-refractivity contribution in [3.8, 4) is 5.95 Å². The molecule has 158 valence electrons. The van der Waals surface area contributed by atoms with Crippen LogP contribution in [0.25, 0.3) is 17.0 Å². The lowest BCUT2D eigenvalue weighted by Crippen LogP contribution is -2.17. The molecular weight excluding hydrogens is 422 g/mol. The molecule has 7 heteroatoms. The lowest BCUT2D eigenvalue weighted by molar-refractivity contribution is 0.102. The van der Waals surface area contributed by atoms with Gasteiger partial charge in [-0.15, -0.1) is 0 Å². The number of para-hydroxylation sites is 2. The Balaban J connectivity index is 1.60. The summed E-state index contributed by atoms with van der Waals surface area (Å²) in [6.07, 6.45) is 0. The van der Waals surface area contributed by atoms with Crippen LogP contribution in [0.5, 0.6) is 0 Å². The fourth-order valence-electron chi connectivity index (χ4n) is 3.72. The number of nitrogens with zero attached hydrogens (tertiary/aromatic N) is 4. The molecule has 0 spiro atoms. The largest absolute Gasteiger partial charge is 0.306 e. The number of carbonyl (C=O) groups excluding carboxylic acids is 1. The van der Waals surface area contributed by atoms with E-state index in [9.17, 15) is 4.79 Å². The Hall–Kier alpha value is -3.90. The van der Waals surface area contributed by atoms with Gasteiger partial charge in [0.15, 0.2) is 0 Å². The molecule has 0 saturated carbocycles. The van der Waals surface area contributed by atoms with Crippen molar-refractivity contribution in [2.45, 2.75) is 13.5 Å². The molecule has 0 saturated heterocycles. The Bertz CT molecular complexity index is 1420. The predicted molar refractivity (Wildman–Crippen MR) is 127 cm³/mol. The van der Waals surface area contributed by atoms with Gasteiger partial charge < -0.3 is 9.88 Å². The van der Waals surface area contributed by atoms with E-state index in [1.165, 1.54) is 0 Å². The zero-order valence-electron chi connectivity index (χ0n) is 17.4. The molecule has 1 amide bonds. The average Bonchev–Trinajstić information content (AvgIpc) is 3.34. The Morgan fingerprint density at radius 1 is 0.969 bits per heavy atom. The molecule has 2 heterocycles. The summed E-state index contributed by atoms with van der Waals surface area (Å²) in [5.74, 6) is 0.964. The van der Waals surface area contributed by atoms with Crippen LogP contribution in [0.1, 0.15) is 21.6 Å². The molecule has 0 bridgehead atoms. The van der Waals surface area contributed by atoms with E-state index in [-0.39, 0.29) is 5.91 Å². The molecule has 0 atom stereocenters. The van der Waals surface area contributed by atoms with E-state index in [1.54, 1.807) is 16.8 Å². The first-order valence-corrected chi connectivity index (χ1v) is 10.6. The third-order valence-electron chi connectivity index (χ3n) is 5.16. The molecule has 0 fully saturated rings. The van der Waals surface area contributed by atoms with Crippen molar-refractivity contribution in [3.05, 3.63) is 107 Å². The number of hydrogen-bond acceptors (Lipinski definition) is 3. The average molecular weight is 442 g/mol. The van der Waals surface area contributed by atoms with Gasteiger partial charge in [0.05, 0.1) is 23.3 Å². The van der Waals surface area contributed by atoms with Crippen LogP contribution in [-0.2, 0) is 6.54 Å². The van der Waals surface area contributed by atoms with E-state index in [2.05, 4.69) is 15.0 Å². The number of carbonyl (C=O) groups is 1. The van der Waals surface area contributed by atoms with Gasteiger partial charge in [0, 0.05) is 16.7 Å². The van der Waals surface area contributed by atoms with E-state index in [0.29, 0.717) is 28.9 Å². The van der Waals surface area contributed by atoms with Gasteiger partial charge in [-0.05, 0) is 48.9 Å². The molecule has 3 aromatic carbocycles. The van der Waals surface area contributed by atoms with Crippen LogP contribution in [0.15, 0.2) is 84.9 Å². The highest BCUT2D eigenvalue weighted by Gasteiger charge is 2.19. The van der Waals surface area contributed by atoms with Gasteiger partial charge >= 0.3 is 0 Å². The van der Waals surface area contributed by atoms with E-state index in [4.69, 9.17) is 16.6 Å². The minimum absolute atomic E-state index is 0.204. The number of halogens is 1. The molecule has 0 radical (unpaired) electrons. The summed E-state index contributed by atoms with van der Waals surface area (Å²) >= 11 is 6.21. The number of hydrogen-bond donors (Lipinski definition) is 1. The summed E-state index contributed by atoms with van der Waals surface area (Å²) in [6, 6.07) is 26.6. The number of anilines is 1. The zero-order valence-corrected chi connectivity index (χ0v) is 18.1. The molecule has 0 unspecified atom stereocenters. The molecule has 0 aliphatic rings. The fourth-order valence-corrected chi connectivity index (χ4v) is 3.93. The molecule has 0 aliphatic heterocycles. The SMILES string of the molecule is Cc1cc(NC(=O)c2ccccc2)n(-c2nc3ccccc3n2Cc2cccc(Cl)c2)n1. The number of nitrogens with one attached hydrogen (secondary N) is 1. The highest BCUT2D eigenvalue weighted by molar-refractivity contribution is 6.30. The number of rotatable bonds is 5. The van der Waals surface area contributed by atoms with Gasteiger partial charge in [-0.3, -0.25) is 4.79 Å². The molecule has 2 aromatic heterocycles. The Morgan fingerprint density at radius 3 is 2.56 bits per heavy atom. The summed E-state index contributed by atoms with van der Waals surface area (Å²) in [6.45, 7) is 2.44. The van der Waals surface area contributed by atoms with Crippen LogP contribution in [0.2, 0.25) is 5.02 Å². The van der Waals surface area contributed by atoms with Gasteiger partial charge in [-0.2, -0.15) is 9.78 Å². The molecule has 5 aromatic rings. The van der Waals surface area contributed by atoms with E-state index >= 15 is 0 Å². The number of benzene rings is 3. The summed E-state index contributed by atoms with van der Waals surface area (Å²) in [5, 5.41) is 8.29. The van der Waals surface area contributed by atoms with Crippen LogP contribution in [0.4, 0.5) is 5.82 Å². The first-order valence-electron chi connectivity index (χ1n) is 10.2. The van der Waals surface area contributed by atoms with Crippen LogP contribution in [0.3, 0.4) is 0 Å². The summed E-state index contributed by atoms with van der Waals surface area (Å²) in [4.78, 5) is 17.6. The van der Waals surface area contributed by atoms with E-state index in [1.807, 2.05) is 79.7 Å². The Kier molecular flexibility index (Phi) is 5.21. The minimum Gasteiger partial charge on any atom is -0.306 e. The maximum Gasteiger partial charge on any atom is 0.256 e. The van der Waals surface area contributed by atoms with Gasteiger partial charge in [-0.1, -0.05) is 54.1 Å². The maximum absolute atomic E-state index is 12.8. The van der Waals surface area contributed by atoms with Gasteiger partial charge in [-0.25, -0.2) is 4.98 Å². The monoisotopic (exact) mass is 441 g/mol. The molecule has 6 nitrogen and oxygen atoms in total. The van der Waals surface area contributed by atoms with Crippen molar-refractivity contribution in [2.75, 3.05) is 5.32 Å². The zero-order chi connectivity index (χ0) is 22.1. The summed E-state index contributed by atoms with van der Waals surface area (Å²) in [5.41, 5.74) is 4.20. The van der Waals surface area contributed by atoms with Crippen molar-refractivity contribution < 1.29 is 4.79 Å². The molecule has 0 aliphatic carbocycles. The van der Waals surface area contributed by atoms with Gasteiger partial charge in [0.25, 0.3) is 5.91 Å². The number of fused-ring (bicyclic) bond motifs is 1. The number of aryl methyl sites for hydroxylation is 1. The molecular formula is C25H20ClN5O. The predicted octanol–water partition coefficient (Wildman–Crippen LogP) is 5.48. The second kappa shape index (κ2) is 8.32. The fraction of sp³-hybridized carbons (Fsp3) is 0.0800. The van der Waals surface area contributed by atoms with Gasteiger partial charge in [0.1, 0.15) is 5.82 Å². The van der Waals surface area contributed by atoms with Crippen LogP contribution in [-0.4, -0.2) is 25.2 Å². The van der Waals surface area contributed by atoms with Crippen LogP contribution < -0.4 is 5.32 Å². The molecule has 32 heavy (non-hydrogen) atoms. The summed E-state index contributed by atoms with van der Waals surface area (Å²) in [7, 11) is 0. The Morgan fingerprint density at radius 2 is 1.75 bits per heavy atom. The maximum atomic E-state index is 12.8. The minimum atomic E-state index is -0.204. The molecule has 5 rings (SSSR count). The number of aromatic nitrogens is 4. The van der Waals surface area contributed by atoms with Crippen LogP contribution >= 0.6 is 11.6 Å². The van der Waals surface area contributed by atoms with Gasteiger partial charge in [0.2, 0.25) is 5.95 Å². The number of amides is 1. The Labute approximate surface area is 190 Å². The van der Waals surface area contributed by atoms with E-state index < -0.39 is 0 Å². The van der Waals surface area contributed by atoms with Crippen molar-refractivity contribution in [1.29, 1.82) is 0 Å². The summed E-state index contributed by atoms with van der Waals surface area (Å²) < 4.78 is 3.76. The molecule has 1 N–H and O–H groups in total. The highest BCUT2D eigenvalue weighted by Crippen LogP contribution is 2.24. The highest BCUT2D eigenvalue weighted by atomic mass is 35.5. The second-order valence-electron chi connectivity index (χ2n) is 7.52. The number of imidazole rings is 1. The topological polar surface area (TPSA) is 64.7 Å². The third-order valence-corrected chi connectivity index (χ3v) is 5.40. The normalized spacial score (nSPS) is 11.1. The second-order valence-corrected chi connectivity index (χ2v) is 7.96. The first-order chi connectivity index (χ1) is 15.6. The van der Waals surface area contributed by atoms with Crippen molar-refractivity contribution in [1.82, 2.24) is 19.3 Å². The quantitative estimate of drug-likeness (QED) is 0.392. The first kappa shape index (κ1) is 20.0. The van der Waals surface area contributed by atoms with E-state index in [0.717, 1.165) is 22.3 Å². The lowest BCUT2D eigenvalue weighted by Gasteiger charge is -2.12. The lowest BCUT2D eigenvalue weighted by atomic mass is 10.2.